The minimum absolute atomic E-state index is 0.241. The zero-order valence-electron chi connectivity index (χ0n) is 13.0. The number of carbonyl (C=O) groups excluding carboxylic acids is 2. The molecule has 0 fully saturated rings. The summed E-state index contributed by atoms with van der Waals surface area (Å²) in [5.41, 5.74) is 2.42. The highest BCUT2D eigenvalue weighted by molar-refractivity contribution is 5.93. The lowest BCUT2D eigenvalue weighted by Crippen LogP contribution is -2.32. The number of nitrogens with one attached hydrogen (secondary N) is 1. The number of hydrogen-bond acceptors (Lipinski definition) is 5. The van der Waals surface area contributed by atoms with Crippen LogP contribution in [0.15, 0.2) is 23.5 Å². The molecule has 0 aliphatic carbocycles. The summed E-state index contributed by atoms with van der Waals surface area (Å²) < 4.78 is 10.0. The quantitative estimate of drug-likeness (QED) is 0.142. The fraction of sp³-hybridized carbons (Fsp3) is 0.571. The third-order valence-corrected chi connectivity index (χ3v) is 2.03. The van der Waals surface area contributed by atoms with E-state index in [2.05, 4.69) is 0 Å². The molecule has 0 aliphatic heterocycles. The van der Waals surface area contributed by atoms with Crippen LogP contribution >= 0.6 is 0 Å². The molecule has 0 heterocycles. The van der Waals surface area contributed by atoms with E-state index in [1.54, 1.807) is 32.9 Å². The lowest BCUT2D eigenvalue weighted by atomic mass is 10.1. The van der Waals surface area contributed by atoms with Gasteiger partial charge in [-0.25, -0.2) is 10.6 Å². The fourth-order valence-electron chi connectivity index (χ4n) is 1.26. The molecule has 6 nitrogen and oxygen atoms in total. The number of esters is 1. The molecule has 6 heteroatoms. The van der Waals surface area contributed by atoms with E-state index in [-0.39, 0.29) is 13.2 Å². The van der Waals surface area contributed by atoms with Gasteiger partial charge in [0.2, 0.25) is 0 Å². The van der Waals surface area contributed by atoms with E-state index in [0.717, 1.165) is 0 Å². The van der Waals surface area contributed by atoms with E-state index in [1.807, 2.05) is 19.3 Å². The first-order chi connectivity index (χ1) is 9.60. The molecule has 0 bridgehead atoms. The van der Waals surface area contributed by atoms with Crippen LogP contribution in [0.2, 0.25) is 0 Å². The summed E-state index contributed by atoms with van der Waals surface area (Å²) in [7, 11) is 0. The van der Waals surface area contributed by atoms with Crippen LogP contribution in [-0.4, -0.2) is 25.1 Å². The van der Waals surface area contributed by atoms with Crippen LogP contribution in [0.25, 0.3) is 0 Å². The number of hydrazine groups is 1. The summed E-state index contributed by atoms with van der Waals surface area (Å²) in [5, 5.41) is 0. The Bertz CT molecular complexity index is 349. The first-order valence-corrected chi connectivity index (χ1v) is 6.75. The minimum atomic E-state index is -0.483. The molecule has 0 aromatic carbocycles. The molecule has 1 amide bonds. The number of carbonyl (C=O) groups is 2. The molecule has 116 valence electrons. The minimum Gasteiger partial charge on any atom is -0.481 e. The zero-order valence-corrected chi connectivity index (χ0v) is 13.0. The van der Waals surface area contributed by atoms with Gasteiger partial charge in [-0.2, -0.15) is 0 Å². The number of ether oxygens (including phenoxy) is 2. The van der Waals surface area contributed by atoms with Crippen LogP contribution in [0.5, 0.6) is 0 Å². The number of allylic oxidation sites excluding steroid dienone is 2. The highest BCUT2D eigenvalue weighted by atomic mass is 16.6. The predicted octanol–water partition coefficient (Wildman–Crippen LogP) is 1.82. The normalized spacial score (nSPS) is 11.1. The van der Waals surface area contributed by atoms with Crippen molar-refractivity contribution in [3.63, 3.8) is 0 Å². The van der Waals surface area contributed by atoms with Gasteiger partial charge in [0.05, 0.1) is 12.2 Å². The van der Waals surface area contributed by atoms with Crippen molar-refractivity contribution in [1.82, 2.24) is 5.43 Å². The molecule has 0 unspecified atom stereocenters. The molecule has 0 aliphatic rings. The van der Waals surface area contributed by atoms with Gasteiger partial charge in [0.25, 0.3) is 5.91 Å². The highest BCUT2D eigenvalue weighted by Gasteiger charge is 2.13. The van der Waals surface area contributed by atoms with Gasteiger partial charge in [-0.15, -0.1) is 0 Å². The molecule has 0 aromatic heterocycles. The SMILES string of the molecule is C/C=C\C(OCC(=O)OCC)=C(/CC)C(=O)NN.CC. The van der Waals surface area contributed by atoms with Gasteiger partial charge in [0.15, 0.2) is 6.61 Å². The van der Waals surface area contributed by atoms with Crippen LogP contribution in [0.3, 0.4) is 0 Å². The highest BCUT2D eigenvalue weighted by Crippen LogP contribution is 2.12. The van der Waals surface area contributed by atoms with Gasteiger partial charge in [0.1, 0.15) is 5.76 Å². The van der Waals surface area contributed by atoms with Crippen molar-refractivity contribution in [2.75, 3.05) is 13.2 Å². The fourth-order valence-corrected chi connectivity index (χ4v) is 1.26. The Labute approximate surface area is 121 Å². The van der Waals surface area contributed by atoms with Gasteiger partial charge < -0.3 is 9.47 Å². The Morgan fingerprint density at radius 1 is 1.20 bits per heavy atom. The van der Waals surface area contributed by atoms with Crippen LogP contribution in [-0.2, 0) is 19.1 Å². The van der Waals surface area contributed by atoms with Crippen LogP contribution in [0.4, 0.5) is 0 Å². The summed E-state index contributed by atoms with van der Waals surface area (Å²) in [6.45, 7) is 9.33. The summed E-state index contributed by atoms with van der Waals surface area (Å²) in [6, 6.07) is 0. The second-order valence-corrected chi connectivity index (χ2v) is 3.26. The van der Waals surface area contributed by atoms with Crippen molar-refractivity contribution >= 4 is 11.9 Å². The van der Waals surface area contributed by atoms with Crippen molar-refractivity contribution < 1.29 is 19.1 Å². The van der Waals surface area contributed by atoms with Gasteiger partial charge in [-0.3, -0.25) is 10.2 Å². The van der Waals surface area contributed by atoms with Gasteiger partial charge in [0, 0.05) is 0 Å². The Balaban J connectivity index is 0. The lowest BCUT2D eigenvalue weighted by Gasteiger charge is -2.11. The van der Waals surface area contributed by atoms with Crippen molar-refractivity contribution in [2.45, 2.75) is 41.0 Å². The van der Waals surface area contributed by atoms with Crippen LogP contribution in [0, 0.1) is 0 Å². The monoisotopic (exact) mass is 286 g/mol. The summed E-state index contributed by atoms with van der Waals surface area (Å²) in [4.78, 5) is 22.7. The molecule has 0 saturated heterocycles. The third kappa shape index (κ3) is 8.31. The molecule has 0 rings (SSSR count). The number of nitrogens with two attached hydrogens (primary N) is 1. The first-order valence-electron chi connectivity index (χ1n) is 6.75. The molecular formula is C14H26N2O4. The summed E-state index contributed by atoms with van der Waals surface area (Å²) in [6.07, 6.45) is 3.75. The summed E-state index contributed by atoms with van der Waals surface area (Å²) >= 11 is 0. The van der Waals surface area contributed by atoms with E-state index >= 15 is 0 Å². The molecule has 0 spiro atoms. The second-order valence-electron chi connectivity index (χ2n) is 3.26. The molecule has 0 radical (unpaired) electrons. The number of rotatable bonds is 7. The third-order valence-electron chi connectivity index (χ3n) is 2.03. The predicted molar refractivity (Wildman–Crippen MR) is 78.4 cm³/mol. The van der Waals surface area contributed by atoms with E-state index in [1.165, 1.54) is 0 Å². The molecule has 20 heavy (non-hydrogen) atoms. The number of hydrogen-bond donors (Lipinski definition) is 2. The lowest BCUT2D eigenvalue weighted by molar-refractivity contribution is -0.147. The topological polar surface area (TPSA) is 90.6 Å². The summed E-state index contributed by atoms with van der Waals surface area (Å²) in [5.74, 6) is 4.48. The van der Waals surface area contributed by atoms with Gasteiger partial charge in [-0.05, 0) is 26.3 Å². The number of amides is 1. The zero-order chi connectivity index (χ0) is 16.0. The van der Waals surface area contributed by atoms with E-state index in [0.29, 0.717) is 17.8 Å². The van der Waals surface area contributed by atoms with E-state index in [4.69, 9.17) is 15.3 Å². The first kappa shape index (κ1) is 20.5. The van der Waals surface area contributed by atoms with Crippen LogP contribution < -0.4 is 11.3 Å². The van der Waals surface area contributed by atoms with Crippen molar-refractivity contribution in [3.05, 3.63) is 23.5 Å². The largest absolute Gasteiger partial charge is 0.481 e. The Morgan fingerprint density at radius 3 is 2.20 bits per heavy atom. The Kier molecular flexibility index (Phi) is 13.9. The van der Waals surface area contributed by atoms with Crippen LogP contribution in [0.1, 0.15) is 41.0 Å². The molecule has 3 N–H and O–H groups in total. The smallest absolute Gasteiger partial charge is 0.344 e. The van der Waals surface area contributed by atoms with Gasteiger partial charge >= 0.3 is 5.97 Å². The Hall–Kier alpha value is -1.82. The maximum Gasteiger partial charge on any atom is 0.344 e. The van der Waals surface area contributed by atoms with Crippen molar-refractivity contribution in [2.24, 2.45) is 5.84 Å². The van der Waals surface area contributed by atoms with E-state index in [9.17, 15) is 9.59 Å². The standard InChI is InChI=1S/C12H20N2O4.C2H6/c1-4-7-10(9(5-2)12(16)14-13)18-8-11(15)17-6-3;1-2/h4,7H,5-6,8,13H2,1-3H3,(H,14,16);1-2H3/b7-4-,10-9-;. The second kappa shape index (κ2) is 13.6. The van der Waals surface area contributed by atoms with Crippen molar-refractivity contribution in [1.29, 1.82) is 0 Å². The van der Waals surface area contributed by atoms with Crippen molar-refractivity contribution in [3.8, 4) is 0 Å². The molecule has 0 saturated carbocycles. The molecular weight excluding hydrogens is 260 g/mol. The maximum absolute atomic E-state index is 11.5. The average Bonchev–Trinajstić information content (AvgIpc) is 2.47. The Morgan fingerprint density at radius 2 is 1.80 bits per heavy atom. The average molecular weight is 286 g/mol. The molecule has 0 aromatic rings. The van der Waals surface area contributed by atoms with E-state index < -0.39 is 11.9 Å². The molecule has 0 atom stereocenters. The maximum atomic E-state index is 11.5. The van der Waals surface area contributed by atoms with Gasteiger partial charge in [-0.1, -0.05) is 26.8 Å².